The van der Waals surface area contributed by atoms with Gasteiger partial charge in [0.15, 0.2) is 0 Å². The van der Waals surface area contributed by atoms with E-state index in [0.29, 0.717) is 0 Å². The molecular formula is C6H9IO. The molecule has 0 aromatic rings. The van der Waals surface area contributed by atoms with Crippen molar-refractivity contribution in [1.82, 2.24) is 0 Å². The molecule has 0 heterocycles. The molecule has 46 valence electrons. The number of hydrogen-bond donors (Lipinski definition) is 0. The molecule has 0 bridgehead atoms. The molecule has 0 aliphatic heterocycles. The molecule has 1 nitrogen and oxygen atoms in total. The first-order valence-electron chi connectivity index (χ1n) is 2.52. The van der Waals surface area contributed by atoms with Crippen LogP contribution in [0.4, 0.5) is 0 Å². The SMILES string of the molecule is CC/C(C=O)=C(\C)I. The molecule has 0 aliphatic carbocycles. The second-order valence-electron chi connectivity index (χ2n) is 1.53. The zero-order valence-electron chi connectivity index (χ0n) is 5.07. The van der Waals surface area contributed by atoms with E-state index >= 15 is 0 Å². The fraction of sp³-hybridized carbons (Fsp3) is 0.500. The average Bonchev–Trinajstić information content (AvgIpc) is 1.69. The third-order valence-corrected chi connectivity index (χ3v) is 1.66. The maximum absolute atomic E-state index is 10.1. The van der Waals surface area contributed by atoms with Crippen LogP contribution in [-0.2, 0) is 4.79 Å². The van der Waals surface area contributed by atoms with Gasteiger partial charge in [-0.1, -0.05) is 6.92 Å². The van der Waals surface area contributed by atoms with Gasteiger partial charge >= 0.3 is 0 Å². The molecular weight excluding hydrogens is 215 g/mol. The Morgan fingerprint density at radius 1 is 1.75 bits per heavy atom. The van der Waals surface area contributed by atoms with Crippen LogP contribution in [0.1, 0.15) is 20.3 Å². The summed E-state index contributed by atoms with van der Waals surface area (Å²) in [6, 6.07) is 0. The number of hydrogen-bond acceptors (Lipinski definition) is 1. The predicted molar refractivity (Wildman–Crippen MR) is 43.1 cm³/mol. The highest BCUT2D eigenvalue weighted by Crippen LogP contribution is 2.11. The van der Waals surface area contributed by atoms with E-state index in [9.17, 15) is 4.79 Å². The van der Waals surface area contributed by atoms with Gasteiger partial charge < -0.3 is 0 Å². The van der Waals surface area contributed by atoms with E-state index in [1.54, 1.807) is 0 Å². The van der Waals surface area contributed by atoms with Gasteiger partial charge in [0.05, 0.1) is 0 Å². The lowest BCUT2D eigenvalue weighted by atomic mass is 10.2. The first-order valence-corrected chi connectivity index (χ1v) is 3.60. The highest BCUT2D eigenvalue weighted by Gasteiger charge is 1.91. The highest BCUT2D eigenvalue weighted by molar-refractivity contribution is 14.1. The minimum absolute atomic E-state index is 0.846. The minimum Gasteiger partial charge on any atom is -0.298 e. The third-order valence-electron chi connectivity index (χ3n) is 0.966. The summed E-state index contributed by atoms with van der Waals surface area (Å²) in [6.07, 6.45) is 1.76. The Hall–Kier alpha value is 0.140. The van der Waals surface area contributed by atoms with Crippen molar-refractivity contribution in [2.24, 2.45) is 0 Å². The van der Waals surface area contributed by atoms with E-state index in [4.69, 9.17) is 0 Å². The van der Waals surface area contributed by atoms with Crippen molar-refractivity contribution < 1.29 is 4.79 Å². The standard InChI is InChI=1S/C6H9IO/c1-3-6(4-8)5(2)7/h4H,3H2,1-2H3/b6-5-. The van der Waals surface area contributed by atoms with Crippen molar-refractivity contribution in [3.05, 3.63) is 9.15 Å². The number of halogens is 1. The summed E-state index contributed by atoms with van der Waals surface area (Å²) in [4.78, 5) is 10.1. The topological polar surface area (TPSA) is 17.1 Å². The van der Waals surface area contributed by atoms with Crippen LogP contribution in [0.3, 0.4) is 0 Å². The van der Waals surface area contributed by atoms with Crippen molar-refractivity contribution in [3.8, 4) is 0 Å². The lowest BCUT2D eigenvalue weighted by Gasteiger charge is -1.91. The van der Waals surface area contributed by atoms with Crippen LogP contribution in [0.25, 0.3) is 0 Å². The molecule has 0 fully saturated rings. The van der Waals surface area contributed by atoms with Crippen LogP contribution in [0.15, 0.2) is 9.15 Å². The fourth-order valence-electron chi connectivity index (χ4n) is 0.408. The van der Waals surface area contributed by atoms with Crippen molar-refractivity contribution in [2.75, 3.05) is 0 Å². The molecule has 0 spiro atoms. The van der Waals surface area contributed by atoms with Crippen LogP contribution in [0.5, 0.6) is 0 Å². The Bertz CT molecular complexity index is 112. The van der Waals surface area contributed by atoms with Gasteiger partial charge in [0, 0.05) is 5.57 Å². The second-order valence-corrected chi connectivity index (χ2v) is 3.15. The van der Waals surface area contributed by atoms with Crippen molar-refractivity contribution in [3.63, 3.8) is 0 Å². The fourth-order valence-corrected chi connectivity index (χ4v) is 0.917. The van der Waals surface area contributed by atoms with Gasteiger partial charge in [-0.25, -0.2) is 0 Å². The molecule has 0 radical (unpaired) electrons. The van der Waals surface area contributed by atoms with Gasteiger partial charge in [0.1, 0.15) is 6.29 Å². The first-order chi connectivity index (χ1) is 3.72. The van der Waals surface area contributed by atoms with Crippen LogP contribution < -0.4 is 0 Å². The number of rotatable bonds is 2. The van der Waals surface area contributed by atoms with E-state index in [0.717, 1.165) is 21.9 Å². The molecule has 0 saturated heterocycles. The van der Waals surface area contributed by atoms with Gasteiger partial charge in [0.2, 0.25) is 0 Å². The largest absolute Gasteiger partial charge is 0.298 e. The summed E-state index contributed by atoms with van der Waals surface area (Å²) >= 11 is 2.15. The molecule has 0 atom stereocenters. The predicted octanol–water partition coefficient (Wildman–Crippen LogP) is 2.30. The summed E-state index contributed by atoms with van der Waals surface area (Å²) in [5.74, 6) is 0. The van der Waals surface area contributed by atoms with E-state index in [1.165, 1.54) is 0 Å². The Balaban J connectivity index is 4.07. The van der Waals surface area contributed by atoms with E-state index in [-0.39, 0.29) is 0 Å². The van der Waals surface area contributed by atoms with E-state index < -0.39 is 0 Å². The maximum Gasteiger partial charge on any atom is 0.146 e. The van der Waals surface area contributed by atoms with Crippen LogP contribution >= 0.6 is 22.6 Å². The minimum atomic E-state index is 0.846. The number of aldehydes is 1. The molecule has 0 aliphatic rings. The highest BCUT2D eigenvalue weighted by atomic mass is 127. The monoisotopic (exact) mass is 224 g/mol. The van der Waals surface area contributed by atoms with Gasteiger partial charge in [-0.2, -0.15) is 0 Å². The smallest absolute Gasteiger partial charge is 0.146 e. The summed E-state index contributed by atoms with van der Waals surface area (Å²) in [5.41, 5.74) is 0.908. The quantitative estimate of drug-likeness (QED) is 0.399. The summed E-state index contributed by atoms with van der Waals surface area (Å²) in [6.45, 7) is 3.92. The van der Waals surface area contributed by atoms with Crippen molar-refractivity contribution in [2.45, 2.75) is 20.3 Å². The van der Waals surface area contributed by atoms with Crippen LogP contribution in [-0.4, -0.2) is 6.29 Å². The second kappa shape index (κ2) is 4.06. The summed E-state index contributed by atoms with van der Waals surface area (Å²) in [7, 11) is 0. The molecule has 0 rings (SSSR count). The van der Waals surface area contributed by atoms with E-state index in [2.05, 4.69) is 22.6 Å². The van der Waals surface area contributed by atoms with Gasteiger partial charge in [-0.15, -0.1) is 0 Å². The molecule has 0 unspecified atom stereocenters. The Kier molecular flexibility index (Phi) is 4.13. The molecule has 0 N–H and O–H groups in total. The molecule has 0 aromatic carbocycles. The Morgan fingerprint density at radius 3 is 2.25 bits per heavy atom. The van der Waals surface area contributed by atoms with E-state index in [1.807, 2.05) is 13.8 Å². The Morgan fingerprint density at radius 2 is 2.25 bits per heavy atom. The van der Waals surface area contributed by atoms with Gasteiger partial charge in [-0.3, -0.25) is 4.79 Å². The van der Waals surface area contributed by atoms with Crippen molar-refractivity contribution >= 4 is 28.9 Å². The first kappa shape index (κ1) is 8.14. The number of carbonyl (C=O) groups is 1. The number of allylic oxidation sites excluding steroid dienone is 2. The zero-order chi connectivity index (χ0) is 6.57. The normalized spacial score (nSPS) is 12.9. The number of carbonyl (C=O) groups excluding carboxylic acids is 1. The third kappa shape index (κ3) is 2.45. The Labute approximate surface area is 63.3 Å². The molecule has 0 amide bonds. The van der Waals surface area contributed by atoms with Crippen molar-refractivity contribution in [1.29, 1.82) is 0 Å². The molecule has 0 aromatic heterocycles. The lowest BCUT2D eigenvalue weighted by Crippen LogP contribution is -1.81. The molecule has 8 heavy (non-hydrogen) atoms. The van der Waals surface area contributed by atoms with Gasteiger partial charge in [0.25, 0.3) is 0 Å². The summed E-state index contributed by atoms with van der Waals surface area (Å²) < 4.78 is 1.10. The van der Waals surface area contributed by atoms with Crippen LogP contribution in [0, 0.1) is 0 Å². The lowest BCUT2D eigenvalue weighted by molar-refractivity contribution is -0.105. The molecule has 2 heteroatoms. The summed E-state index contributed by atoms with van der Waals surface area (Å²) in [5, 5.41) is 0. The van der Waals surface area contributed by atoms with Gasteiger partial charge in [-0.05, 0) is 39.5 Å². The molecule has 0 saturated carbocycles. The maximum atomic E-state index is 10.1. The average molecular weight is 224 g/mol. The van der Waals surface area contributed by atoms with Crippen LogP contribution in [0.2, 0.25) is 0 Å². The zero-order valence-corrected chi connectivity index (χ0v) is 7.23.